The van der Waals surface area contributed by atoms with Crippen LogP contribution in [-0.2, 0) is 9.47 Å². The van der Waals surface area contributed by atoms with Crippen LogP contribution in [0, 0.1) is 5.41 Å². The molecule has 0 aliphatic carbocycles. The number of likely N-dealkylation sites (tertiary alicyclic amines) is 1. The van der Waals surface area contributed by atoms with Gasteiger partial charge in [-0.15, -0.1) is 5.10 Å². The minimum absolute atomic E-state index is 0.0611. The Hall–Kier alpha value is -2.38. The van der Waals surface area contributed by atoms with Crippen molar-refractivity contribution in [2.45, 2.75) is 39.2 Å². The van der Waals surface area contributed by atoms with Gasteiger partial charge < -0.3 is 19.3 Å². The van der Waals surface area contributed by atoms with E-state index in [-0.39, 0.29) is 17.2 Å². The second-order valence-electron chi connectivity index (χ2n) is 8.11. The Morgan fingerprint density at radius 2 is 1.92 bits per heavy atom. The first-order valence-corrected chi connectivity index (χ1v) is 8.85. The monoisotopic (exact) mass is 362 g/mol. The molecule has 2 aliphatic rings. The SMILES string of the molecule is COC(=O)c1cc(N2CCC3(CCN(C(=O)OC(C)(C)C)C3)C2)cnn1. The van der Waals surface area contributed by atoms with Crippen molar-refractivity contribution in [2.75, 3.05) is 38.2 Å². The van der Waals surface area contributed by atoms with Gasteiger partial charge in [0.05, 0.1) is 19.0 Å². The number of anilines is 1. The number of nitrogens with zero attached hydrogens (tertiary/aromatic N) is 4. The highest BCUT2D eigenvalue weighted by Crippen LogP contribution is 2.41. The van der Waals surface area contributed by atoms with Crippen molar-refractivity contribution in [1.29, 1.82) is 0 Å². The minimum Gasteiger partial charge on any atom is -0.464 e. The molecular weight excluding hydrogens is 336 g/mol. The van der Waals surface area contributed by atoms with Crippen molar-refractivity contribution in [3.8, 4) is 0 Å². The summed E-state index contributed by atoms with van der Waals surface area (Å²) >= 11 is 0. The maximum absolute atomic E-state index is 12.3. The molecule has 1 atom stereocenters. The van der Waals surface area contributed by atoms with E-state index in [1.54, 1.807) is 17.2 Å². The molecule has 26 heavy (non-hydrogen) atoms. The highest BCUT2D eigenvalue weighted by Gasteiger charge is 2.45. The zero-order chi connectivity index (χ0) is 18.9. The van der Waals surface area contributed by atoms with E-state index >= 15 is 0 Å². The Morgan fingerprint density at radius 1 is 1.19 bits per heavy atom. The van der Waals surface area contributed by atoms with Crippen molar-refractivity contribution in [1.82, 2.24) is 15.1 Å². The Bertz CT molecular complexity index is 703. The fourth-order valence-electron chi connectivity index (χ4n) is 3.64. The third kappa shape index (κ3) is 3.89. The predicted molar refractivity (Wildman–Crippen MR) is 95.1 cm³/mol. The van der Waals surface area contributed by atoms with Crippen LogP contribution < -0.4 is 4.90 Å². The normalized spacial score (nSPS) is 22.8. The number of amides is 1. The molecule has 0 saturated carbocycles. The van der Waals surface area contributed by atoms with Crippen LogP contribution in [0.4, 0.5) is 10.5 Å². The number of methoxy groups -OCH3 is 1. The molecule has 0 aromatic carbocycles. The Labute approximate surface area is 153 Å². The molecule has 1 amide bonds. The molecule has 0 radical (unpaired) electrons. The summed E-state index contributed by atoms with van der Waals surface area (Å²) in [5.41, 5.74) is 0.633. The summed E-state index contributed by atoms with van der Waals surface area (Å²) in [6.45, 7) is 8.72. The molecule has 8 nitrogen and oxygen atoms in total. The van der Waals surface area contributed by atoms with Gasteiger partial charge in [0.25, 0.3) is 0 Å². The quantitative estimate of drug-likeness (QED) is 0.745. The summed E-state index contributed by atoms with van der Waals surface area (Å²) < 4.78 is 10.2. The van der Waals surface area contributed by atoms with Crippen LogP contribution in [0.15, 0.2) is 12.3 Å². The lowest BCUT2D eigenvalue weighted by Crippen LogP contribution is -2.37. The minimum atomic E-state index is -0.495. The van der Waals surface area contributed by atoms with E-state index in [0.717, 1.165) is 31.6 Å². The lowest BCUT2D eigenvalue weighted by atomic mass is 9.86. The summed E-state index contributed by atoms with van der Waals surface area (Å²) in [6.07, 6.45) is 3.35. The van der Waals surface area contributed by atoms with Crippen LogP contribution in [0.1, 0.15) is 44.1 Å². The lowest BCUT2D eigenvalue weighted by Gasteiger charge is -2.27. The van der Waals surface area contributed by atoms with E-state index in [2.05, 4.69) is 15.1 Å². The van der Waals surface area contributed by atoms with Crippen LogP contribution in [0.3, 0.4) is 0 Å². The maximum Gasteiger partial charge on any atom is 0.410 e. The Kier molecular flexibility index (Phi) is 4.77. The van der Waals surface area contributed by atoms with Crippen LogP contribution in [0.5, 0.6) is 0 Å². The number of ether oxygens (including phenoxy) is 2. The van der Waals surface area contributed by atoms with Crippen LogP contribution in [-0.4, -0.2) is 66.0 Å². The van der Waals surface area contributed by atoms with Crippen LogP contribution in [0.2, 0.25) is 0 Å². The van der Waals surface area contributed by atoms with E-state index < -0.39 is 11.6 Å². The second-order valence-corrected chi connectivity index (χ2v) is 8.11. The summed E-state index contributed by atoms with van der Waals surface area (Å²) in [7, 11) is 1.32. The van der Waals surface area contributed by atoms with Gasteiger partial charge in [-0.3, -0.25) is 0 Å². The molecule has 8 heteroatoms. The molecule has 1 spiro atoms. The lowest BCUT2D eigenvalue weighted by molar-refractivity contribution is 0.0276. The summed E-state index contributed by atoms with van der Waals surface area (Å²) in [4.78, 5) is 28.0. The molecule has 2 fully saturated rings. The number of aromatic nitrogens is 2. The van der Waals surface area contributed by atoms with Gasteiger partial charge >= 0.3 is 12.1 Å². The van der Waals surface area contributed by atoms with Crippen LogP contribution >= 0.6 is 0 Å². The Balaban J connectivity index is 1.66. The van der Waals surface area contributed by atoms with E-state index in [0.29, 0.717) is 13.1 Å². The average Bonchev–Trinajstić information content (AvgIpc) is 3.20. The molecule has 3 rings (SSSR count). The molecule has 142 valence electrons. The number of carbonyl (C=O) groups is 2. The van der Waals surface area contributed by atoms with Crippen molar-refractivity contribution in [2.24, 2.45) is 5.41 Å². The second kappa shape index (κ2) is 6.74. The molecule has 1 unspecified atom stereocenters. The summed E-state index contributed by atoms with van der Waals surface area (Å²) in [5, 5.41) is 7.74. The smallest absolute Gasteiger partial charge is 0.410 e. The van der Waals surface area contributed by atoms with E-state index in [1.165, 1.54) is 7.11 Å². The first kappa shape index (κ1) is 18.4. The molecule has 1 aromatic rings. The molecule has 1 aromatic heterocycles. The molecular formula is C18H26N4O4. The number of esters is 1. The van der Waals surface area contributed by atoms with Gasteiger partial charge in [-0.1, -0.05) is 0 Å². The molecule has 2 saturated heterocycles. The largest absolute Gasteiger partial charge is 0.464 e. The number of rotatable bonds is 2. The third-order valence-electron chi connectivity index (χ3n) is 4.93. The Morgan fingerprint density at radius 3 is 2.62 bits per heavy atom. The number of carbonyl (C=O) groups excluding carboxylic acids is 2. The van der Waals surface area contributed by atoms with Gasteiger partial charge in [0, 0.05) is 31.6 Å². The highest BCUT2D eigenvalue weighted by molar-refractivity contribution is 5.87. The van der Waals surface area contributed by atoms with Crippen LogP contribution in [0.25, 0.3) is 0 Å². The zero-order valence-corrected chi connectivity index (χ0v) is 15.8. The topological polar surface area (TPSA) is 84.9 Å². The van der Waals surface area contributed by atoms with Gasteiger partial charge in [-0.05, 0) is 39.7 Å². The van der Waals surface area contributed by atoms with Gasteiger partial charge in [0.2, 0.25) is 0 Å². The van der Waals surface area contributed by atoms with E-state index in [9.17, 15) is 9.59 Å². The van der Waals surface area contributed by atoms with Crippen molar-refractivity contribution in [3.63, 3.8) is 0 Å². The molecule has 2 aliphatic heterocycles. The maximum atomic E-state index is 12.3. The highest BCUT2D eigenvalue weighted by atomic mass is 16.6. The van der Waals surface area contributed by atoms with E-state index in [1.807, 2.05) is 20.8 Å². The molecule has 3 heterocycles. The summed E-state index contributed by atoms with van der Waals surface area (Å²) in [6, 6.07) is 1.71. The third-order valence-corrected chi connectivity index (χ3v) is 4.93. The zero-order valence-electron chi connectivity index (χ0n) is 15.8. The number of hydrogen-bond donors (Lipinski definition) is 0. The molecule has 0 N–H and O–H groups in total. The van der Waals surface area contributed by atoms with Gasteiger partial charge in [-0.25, -0.2) is 9.59 Å². The first-order valence-electron chi connectivity index (χ1n) is 8.85. The first-order chi connectivity index (χ1) is 12.2. The van der Waals surface area contributed by atoms with Crippen molar-refractivity contribution in [3.05, 3.63) is 18.0 Å². The fourth-order valence-corrected chi connectivity index (χ4v) is 3.64. The standard InChI is InChI=1S/C18H26N4O4/c1-17(2,3)26-16(24)22-8-6-18(12-22)5-7-21(11-18)13-9-14(15(23)25-4)20-19-10-13/h9-10H,5-8,11-12H2,1-4H3. The van der Waals surface area contributed by atoms with Gasteiger partial charge in [-0.2, -0.15) is 5.10 Å². The van der Waals surface area contributed by atoms with Crippen molar-refractivity contribution < 1.29 is 19.1 Å². The van der Waals surface area contributed by atoms with E-state index in [4.69, 9.17) is 9.47 Å². The summed E-state index contributed by atoms with van der Waals surface area (Å²) in [5.74, 6) is -0.495. The number of hydrogen-bond acceptors (Lipinski definition) is 7. The average molecular weight is 362 g/mol. The molecule has 0 bridgehead atoms. The van der Waals surface area contributed by atoms with Crippen molar-refractivity contribution >= 4 is 17.7 Å². The predicted octanol–water partition coefficient (Wildman–Crippen LogP) is 2.10. The van der Waals surface area contributed by atoms with Gasteiger partial charge in [0.15, 0.2) is 5.69 Å². The fraction of sp³-hybridized carbons (Fsp3) is 0.667. The van der Waals surface area contributed by atoms with Gasteiger partial charge in [0.1, 0.15) is 5.60 Å².